The van der Waals surface area contributed by atoms with E-state index >= 15 is 0 Å². The minimum absolute atomic E-state index is 0.0163. The van der Waals surface area contributed by atoms with Gasteiger partial charge in [0.2, 0.25) is 5.91 Å². The van der Waals surface area contributed by atoms with Crippen LogP contribution >= 0.6 is 11.8 Å². The smallest absolute Gasteiger partial charge is 0.233 e. The number of hydrogen-bond donors (Lipinski definition) is 0. The highest BCUT2D eigenvalue weighted by Crippen LogP contribution is 2.25. The van der Waals surface area contributed by atoms with Gasteiger partial charge in [0.05, 0.1) is 26.0 Å². The summed E-state index contributed by atoms with van der Waals surface area (Å²) >= 11 is 1.36. The normalized spacial score (nSPS) is 11.7. The summed E-state index contributed by atoms with van der Waals surface area (Å²) in [6.07, 6.45) is 1.64. The maximum Gasteiger partial charge on any atom is 0.233 e. The van der Waals surface area contributed by atoms with E-state index in [1.165, 1.54) is 11.8 Å². The molecule has 1 heterocycles. The van der Waals surface area contributed by atoms with E-state index in [9.17, 15) is 4.79 Å². The van der Waals surface area contributed by atoms with Crippen LogP contribution in [0.15, 0.2) is 60.0 Å². The first-order chi connectivity index (χ1) is 14.0. The van der Waals surface area contributed by atoms with Gasteiger partial charge in [0.15, 0.2) is 5.16 Å². The third-order valence-electron chi connectivity index (χ3n) is 4.76. The van der Waals surface area contributed by atoms with Crippen molar-refractivity contribution in [1.29, 1.82) is 0 Å². The number of amides is 1. The van der Waals surface area contributed by atoms with Gasteiger partial charge >= 0.3 is 0 Å². The Bertz CT molecular complexity index is 941. The van der Waals surface area contributed by atoms with E-state index in [2.05, 4.69) is 10.2 Å². The summed E-state index contributed by atoms with van der Waals surface area (Å²) in [5.74, 6) is 1.86. The zero-order chi connectivity index (χ0) is 20.8. The first kappa shape index (κ1) is 20.7. The third kappa shape index (κ3) is 4.89. The van der Waals surface area contributed by atoms with Crippen LogP contribution < -0.4 is 9.47 Å². The van der Waals surface area contributed by atoms with Crippen LogP contribution in [0.5, 0.6) is 11.5 Å². The second-order valence-electron chi connectivity index (χ2n) is 6.42. The average molecular weight is 413 g/mol. The standard InChI is InChI=1S/C21H24N4O3S/c1-15(16-5-9-18(27-3)10-6-16)24(2)20(26)13-29-21-23-22-14-25(21)17-7-11-19(28-4)12-8-17/h5-12,14-15H,13H2,1-4H3. The molecule has 0 N–H and O–H groups in total. The SMILES string of the molecule is COc1ccc(C(C)N(C)C(=O)CSc2nncn2-c2ccc(OC)cc2)cc1. The van der Waals surface area contributed by atoms with Crippen LogP contribution in [0.4, 0.5) is 0 Å². The average Bonchev–Trinajstić information content (AvgIpc) is 3.25. The number of thioether (sulfide) groups is 1. The van der Waals surface area contributed by atoms with Crippen molar-refractivity contribution in [2.45, 2.75) is 18.1 Å². The maximum absolute atomic E-state index is 12.7. The van der Waals surface area contributed by atoms with E-state index in [1.807, 2.05) is 67.1 Å². The Hall–Kier alpha value is -3.00. The number of ether oxygens (including phenoxy) is 2. The number of methoxy groups -OCH3 is 2. The number of carbonyl (C=O) groups is 1. The van der Waals surface area contributed by atoms with Crippen molar-refractivity contribution < 1.29 is 14.3 Å². The van der Waals surface area contributed by atoms with E-state index < -0.39 is 0 Å². The molecule has 1 atom stereocenters. The lowest BCUT2D eigenvalue weighted by Crippen LogP contribution is -2.31. The van der Waals surface area contributed by atoms with Crippen LogP contribution in [0.1, 0.15) is 18.5 Å². The van der Waals surface area contributed by atoms with Crippen molar-refractivity contribution in [2.24, 2.45) is 0 Å². The lowest BCUT2D eigenvalue weighted by molar-refractivity contribution is -0.128. The summed E-state index contributed by atoms with van der Waals surface area (Å²) < 4.78 is 12.2. The van der Waals surface area contributed by atoms with E-state index in [0.717, 1.165) is 22.7 Å². The quantitative estimate of drug-likeness (QED) is 0.527. The highest BCUT2D eigenvalue weighted by Gasteiger charge is 2.19. The molecule has 1 unspecified atom stereocenters. The van der Waals surface area contributed by atoms with Crippen LogP contribution in [0, 0.1) is 0 Å². The highest BCUT2D eigenvalue weighted by atomic mass is 32.2. The Morgan fingerprint density at radius 2 is 1.66 bits per heavy atom. The number of benzene rings is 2. The lowest BCUT2D eigenvalue weighted by atomic mass is 10.1. The summed E-state index contributed by atoms with van der Waals surface area (Å²) in [5.41, 5.74) is 1.96. The minimum atomic E-state index is -0.0477. The molecule has 3 aromatic rings. The molecule has 0 radical (unpaired) electrons. The molecule has 7 nitrogen and oxygen atoms in total. The number of carbonyl (C=O) groups excluding carboxylic acids is 1. The molecule has 0 spiro atoms. The first-order valence-electron chi connectivity index (χ1n) is 9.10. The Morgan fingerprint density at radius 1 is 1.07 bits per heavy atom. The first-order valence-corrected chi connectivity index (χ1v) is 10.1. The molecule has 0 bridgehead atoms. The van der Waals surface area contributed by atoms with Crippen molar-refractivity contribution in [3.8, 4) is 17.2 Å². The molecule has 3 rings (SSSR count). The number of hydrogen-bond acceptors (Lipinski definition) is 6. The van der Waals surface area contributed by atoms with Gasteiger partial charge in [0, 0.05) is 12.7 Å². The van der Waals surface area contributed by atoms with Gasteiger partial charge < -0.3 is 14.4 Å². The van der Waals surface area contributed by atoms with Crippen molar-refractivity contribution >= 4 is 17.7 Å². The second-order valence-corrected chi connectivity index (χ2v) is 7.37. The van der Waals surface area contributed by atoms with Gasteiger partial charge in [0.25, 0.3) is 0 Å². The van der Waals surface area contributed by atoms with Crippen molar-refractivity contribution in [2.75, 3.05) is 27.0 Å². The van der Waals surface area contributed by atoms with Gasteiger partial charge in [-0.2, -0.15) is 0 Å². The molecule has 8 heteroatoms. The van der Waals surface area contributed by atoms with E-state index in [1.54, 1.807) is 25.4 Å². The summed E-state index contributed by atoms with van der Waals surface area (Å²) in [4.78, 5) is 14.5. The zero-order valence-electron chi connectivity index (χ0n) is 16.9. The van der Waals surface area contributed by atoms with Crippen LogP contribution in [-0.4, -0.2) is 52.6 Å². The van der Waals surface area contributed by atoms with Crippen molar-refractivity contribution in [3.63, 3.8) is 0 Å². The molecule has 0 fully saturated rings. The van der Waals surface area contributed by atoms with E-state index in [4.69, 9.17) is 9.47 Å². The Morgan fingerprint density at radius 3 is 2.24 bits per heavy atom. The molecule has 1 amide bonds. The van der Waals surface area contributed by atoms with E-state index in [0.29, 0.717) is 5.16 Å². The monoisotopic (exact) mass is 412 g/mol. The number of aromatic nitrogens is 3. The fourth-order valence-electron chi connectivity index (χ4n) is 2.79. The van der Waals surface area contributed by atoms with Crippen LogP contribution in [0.25, 0.3) is 5.69 Å². The fourth-order valence-corrected chi connectivity index (χ4v) is 3.65. The molecular weight excluding hydrogens is 388 g/mol. The molecule has 0 aliphatic rings. The summed E-state index contributed by atoms with van der Waals surface area (Å²) in [6.45, 7) is 2.00. The largest absolute Gasteiger partial charge is 0.497 e. The maximum atomic E-state index is 12.7. The van der Waals surface area contributed by atoms with Crippen LogP contribution in [0.2, 0.25) is 0 Å². The van der Waals surface area contributed by atoms with Crippen molar-refractivity contribution in [1.82, 2.24) is 19.7 Å². The van der Waals surface area contributed by atoms with Crippen molar-refractivity contribution in [3.05, 3.63) is 60.4 Å². The van der Waals surface area contributed by atoms with Crippen LogP contribution in [-0.2, 0) is 4.79 Å². The Balaban J connectivity index is 1.63. The minimum Gasteiger partial charge on any atom is -0.497 e. The Labute approximate surface area is 174 Å². The molecule has 0 aliphatic heterocycles. The summed E-state index contributed by atoms with van der Waals surface area (Å²) in [6, 6.07) is 15.3. The molecule has 0 saturated heterocycles. The Kier molecular flexibility index (Phi) is 6.77. The van der Waals surface area contributed by atoms with Gasteiger partial charge in [-0.1, -0.05) is 23.9 Å². The summed E-state index contributed by atoms with van der Waals surface area (Å²) in [5, 5.41) is 8.80. The predicted molar refractivity (Wildman–Crippen MR) is 113 cm³/mol. The topological polar surface area (TPSA) is 69.5 Å². The van der Waals surface area contributed by atoms with E-state index in [-0.39, 0.29) is 17.7 Å². The molecule has 152 valence electrons. The zero-order valence-corrected chi connectivity index (χ0v) is 17.7. The molecule has 1 aromatic heterocycles. The van der Waals surface area contributed by atoms with Gasteiger partial charge in [-0.15, -0.1) is 10.2 Å². The summed E-state index contributed by atoms with van der Waals surface area (Å²) in [7, 11) is 5.08. The fraction of sp³-hybridized carbons (Fsp3) is 0.286. The molecule has 29 heavy (non-hydrogen) atoms. The van der Waals surface area contributed by atoms with Gasteiger partial charge in [-0.05, 0) is 48.9 Å². The number of nitrogens with zero attached hydrogens (tertiary/aromatic N) is 4. The lowest BCUT2D eigenvalue weighted by Gasteiger charge is -2.25. The third-order valence-corrected chi connectivity index (χ3v) is 5.69. The predicted octanol–water partition coefficient (Wildman–Crippen LogP) is 3.60. The number of rotatable bonds is 8. The molecular formula is C21H24N4O3S. The van der Waals surface area contributed by atoms with Gasteiger partial charge in [0.1, 0.15) is 17.8 Å². The second kappa shape index (κ2) is 9.47. The molecule has 0 aliphatic carbocycles. The van der Waals surface area contributed by atoms with Gasteiger partial charge in [-0.3, -0.25) is 9.36 Å². The highest BCUT2D eigenvalue weighted by molar-refractivity contribution is 7.99. The molecule has 0 saturated carbocycles. The van der Waals surface area contributed by atoms with Crippen LogP contribution in [0.3, 0.4) is 0 Å². The molecule has 2 aromatic carbocycles. The van der Waals surface area contributed by atoms with Gasteiger partial charge in [-0.25, -0.2) is 0 Å².